The van der Waals surface area contributed by atoms with Gasteiger partial charge in [0.25, 0.3) is 15.9 Å². The molecule has 0 fully saturated rings. The number of rotatable bonds is 9. The lowest BCUT2D eigenvalue weighted by Gasteiger charge is -2.20. The predicted octanol–water partition coefficient (Wildman–Crippen LogP) is 3.61. The molecule has 0 radical (unpaired) electrons. The van der Waals surface area contributed by atoms with E-state index in [1.807, 2.05) is 12.1 Å². The first-order valence-corrected chi connectivity index (χ1v) is 12.3. The Kier molecular flexibility index (Phi) is 7.11. The lowest BCUT2D eigenvalue weighted by Crippen LogP contribution is -2.26. The van der Waals surface area contributed by atoms with Crippen molar-refractivity contribution in [1.29, 1.82) is 0 Å². The van der Waals surface area contributed by atoms with Gasteiger partial charge in [0.05, 0.1) is 17.7 Å². The van der Waals surface area contributed by atoms with E-state index in [0.29, 0.717) is 23.8 Å². The largest absolute Gasteiger partial charge is 0.497 e. The van der Waals surface area contributed by atoms with Crippen LogP contribution in [0.1, 0.15) is 15.9 Å². The van der Waals surface area contributed by atoms with E-state index in [2.05, 4.69) is 15.4 Å². The molecule has 2 aromatic heterocycles. The van der Waals surface area contributed by atoms with Gasteiger partial charge in [-0.15, -0.1) is 0 Å². The van der Waals surface area contributed by atoms with Crippen LogP contribution in [0.3, 0.4) is 0 Å². The summed E-state index contributed by atoms with van der Waals surface area (Å²) in [6.45, 7) is 0.644. The number of hydrogen-bond donors (Lipinski definition) is 1. The van der Waals surface area contributed by atoms with Crippen LogP contribution in [0.15, 0.2) is 90.2 Å². The van der Waals surface area contributed by atoms with Crippen molar-refractivity contribution in [3.63, 3.8) is 0 Å². The number of benzene rings is 2. The van der Waals surface area contributed by atoms with Crippen LogP contribution >= 0.6 is 0 Å². The minimum absolute atomic E-state index is 0.00588. The zero-order chi connectivity index (χ0) is 24.8. The molecule has 0 saturated carbocycles. The number of pyridine rings is 1. The summed E-state index contributed by atoms with van der Waals surface area (Å²) in [5.41, 5.74) is 1.82. The smallest absolute Gasteiger partial charge is 0.264 e. The van der Waals surface area contributed by atoms with Crippen LogP contribution in [0.4, 0.5) is 11.5 Å². The zero-order valence-electron chi connectivity index (χ0n) is 19.3. The van der Waals surface area contributed by atoms with E-state index in [1.54, 1.807) is 66.8 Å². The van der Waals surface area contributed by atoms with Crippen molar-refractivity contribution >= 4 is 27.4 Å². The normalized spacial score (nSPS) is 11.1. The van der Waals surface area contributed by atoms with E-state index < -0.39 is 15.9 Å². The van der Waals surface area contributed by atoms with E-state index in [1.165, 1.54) is 25.2 Å². The van der Waals surface area contributed by atoms with Crippen LogP contribution in [-0.4, -0.2) is 43.2 Å². The fourth-order valence-electron chi connectivity index (χ4n) is 3.42. The van der Waals surface area contributed by atoms with Crippen molar-refractivity contribution in [1.82, 2.24) is 14.8 Å². The molecule has 1 amide bonds. The SMILES string of the molecule is COc1ccc(N(C)S(=O)(=O)c2cccc(C(=O)Nc3ccn(CCc4ccncc4)n3)c2)cc1. The Hall–Kier alpha value is -4.18. The van der Waals surface area contributed by atoms with Crippen LogP contribution in [0.2, 0.25) is 0 Å². The summed E-state index contributed by atoms with van der Waals surface area (Å²) < 4.78 is 34.3. The van der Waals surface area contributed by atoms with E-state index in [0.717, 1.165) is 16.3 Å². The Bertz CT molecular complexity index is 1400. The molecule has 1 N–H and O–H groups in total. The molecule has 2 heterocycles. The van der Waals surface area contributed by atoms with Crippen LogP contribution in [0.25, 0.3) is 0 Å². The van der Waals surface area contributed by atoms with Crippen molar-refractivity contribution < 1.29 is 17.9 Å². The minimum atomic E-state index is -3.88. The first kappa shape index (κ1) is 24.0. The van der Waals surface area contributed by atoms with Crippen LogP contribution < -0.4 is 14.4 Å². The molecule has 0 aliphatic carbocycles. The van der Waals surface area contributed by atoms with Gasteiger partial charge in [0.2, 0.25) is 0 Å². The molecular weight excluding hydrogens is 466 g/mol. The third-order valence-electron chi connectivity index (χ3n) is 5.45. The fraction of sp³-hybridized carbons (Fsp3) is 0.160. The molecule has 9 nitrogen and oxygen atoms in total. The summed E-state index contributed by atoms with van der Waals surface area (Å²) in [6.07, 6.45) is 6.04. The average molecular weight is 492 g/mol. The first-order valence-electron chi connectivity index (χ1n) is 10.8. The summed E-state index contributed by atoms with van der Waals surface area (Å²) in [6, 6.07) is 18.2. The number of nitrogens with one attached hydrogen (secondary N) is 1. The van der Waals surface area contributed by atoms with Crippen molar-refractivity contribution in [3.05, 3.63) is 96.4 Å². The zero-order valence-corrected chi connectivity index (χ0v) is 20.1. The lowest BCUT2D eigenvalue weighted by atomic mass is 10.2. The lowest BCUT2D eigenvalue weighted by molar-refractivity contribution is 0.102. The van der Waals surface area contributed by atoms with E-state index in [-0.39, 0.29) is 10.5 Å². The Balaban J connectivity index is 1.44. The molecule has 0 spiro atoms. The maximum atomic E-state index is 13.2. The number of carbonyl (C=O) groups is 1. The molecule has 4 aromatic rings. The Labute approximate surface area is 204 Å². The molecule has 0 atom stereocenters. The molecule has 0 unspecified atom stereocenters. The molecule has 0 aliphatic heterocycles. The standard InChI is InChI=1S/C25H25N5O4S/c1-29(21-6-8-22(34-2)9-7-21)35(32,33)23-5-3-4-20(18-23)25(31)27-24-13-17-30(28-24)16-12-19-10-14-26-15-11-19/h3-11,13-15,17-18H,12,16H2,1-2H3,(H,27,28,31). The number of sulfonamides is 1. The molecule has 0 bridgehead atoms. The summed E-state index contributed by atoms with van der Waals surface area (Å²) in [5, 5.41) is 7.10. The van der Waals surface area contributed by atoms with Gasteiger partial charge in [-0.25, -0.2) is 8.42 Å². The van der Waals surface area contributed by atoms with Crippen molar-refractivity contribution in [2.45, 2.75) is 17.9 Å². The molecule has 180 valence electrons. The highest BCUT2D eigenvalue weighted by Crippen LogP contribution is 2.25. The van der Waals surface area contributed by atoms with Crippen molar-refractivity contribution in [2.24, 2.45) is 0 Å². The van der Waals surface area contributed by atoms with Gasteiger partial charge in [-0.2, -0.15) is 5.10 Å². The number of methoxy groups -OCH3 is 1. The van der Waals surface area contributed by atoms with Crippen molar-refractivity contribution in [2.75, 3.05) is 23.8 Å². The monoisotopic (exact) mass is 491 g/mol. The maximum Gasteiger partial charge on any atom is 0.264 e. The van der Waals surface area contributed by atoms with E-state index >= 15 is 0 Å². The second-order valence-corrected chi connectivity index (χ2v) is 9.69. The highest BCUT2D eigenvalue weighted by molar-refractivity contribution is 7.92. The second-order valence-electron chi connectivity index (χ2n) is 7.72. The summed E-state index contributed by atoms with van der Waals surface area (Å²) in [5.74, 6) is 0.555. The topological polar surface area (TPSA) is 106 Å². The third-order valence-corrected chi connectivity index (χ3v) is 7.23. The number of hydrogen-bond acceptors (Lipinski definition) is 6. The molecule has 10 heteroatoms. The van der Waals surface area contributed by atoms with Gasteiger partial charge in [0.15, 0.2) is 5.82 Å². The summed E-state index contributed by atoms with van der Waals surface area (Å²) in [7, 11) is -0.880. The van der Waals surface area contributed by atoms with Crippen LogP contribution in [0, 0.1) is 0 Å². The van der Waals surface area contributed by atoms with Gasteiger partial charge in [0, 0.05) is 43.8 Å². The van der Waals surface area contributed by atoms with Gasteiger partial charge in [-0.05, 0) is 66.6 Å². The van der Waals surface area contributed by atoms with Gasteiger partial charge < -0.3 is 10.1 Å². The second kappa shape index (κ2) is 10.4. The minimum Gasteiger partial charge on any atom is -0.497 e. The highest BCUT2D eigenvalue weighted by atomic mass is 32.2. The number of amides is 1. The number of aromatic nitrogens is 3. The number of aryl methyl sites for hydroxylation is 2. The van der Waals surface area contributed by atoms with Crippen LogP contribution in [0.5, 0.6) is 5.75 Å². The van der Waals surface area contributed by atoms with Crippen LogP contribution in [-0.2, 0) is 23.0 Å². The van der Waals surface area contributed by atoms with E-state index in [4.69, 9.17) is 4.74 Å². The molecular formula is C25H25N5O4S. The Morgan fingerprint density at radius 1 is 1.06 bits per heavy atom. The summed E-state index contributed by atoms with van der Waals surface area (Å²) in [4.78, 5) is 16.8. The fourth-order valence-corrected chi connectivity index (χ4v) is 4.66. The quantitative estimate of drug-likeness (QED) is 0.383. The highest BCUT2D eigenvalue weighted by Gasteiger charge is 2.22. The molecule has 0 aliphatic rings. The van der Waals surface area contributed by atoms with Gasteiger partial charge >= 0.3 is 0 Å². The molecule has 2 aromatic carbocycles. The Morgan fingerprint density at radius 2 is 1.80 bits per heavy atom. The average Bonchev–Trinajstić information content (AvgIpc) is 3.35. The molecule has 35 heavy (non-hydrogen) atoms. The predicted molar refractivity (Wildman–Crippen MR) is 133 cm³/mol. The summed E-state index contributed by atoms with van der Waals surface area (Å²) >= 11 is 0. The first-order chi connectivity index (χ1) is 16.9. The molecule has 0 saturated heterocycles. The number of ether oxygens (including phenoxy) is 1. The van der Waals surface area contributed by atoms with Gasteiger partial charge in [-0.1, -0.05) is 6.07 Å². The Morgan fingerprint density at radius 3 is 2.51 bits per heavy atom. The van der Waals surface area contributed by atoms with Gasteiger partial charge in [-0.3, -0.25) is 18.8 Å². The molecule has 4 rings (SSSR count). The van der Waals surface area contributed by atoms with Gasteiger partial charge in [0.1, 0.15) is 5.75 Å². The number of carbonyl (C=O) groups excluding carboxylic acids is 1. The number of nitrogens with zero attached hydrogens (tertiary/aromatic N) is 4. The third kappa shape index (κ3) is 5.67. The maximum absolute atomic E-state index is 13.2. The van der Waals surface area contributed by atoms with Crippen molar-refractivity contribution in [3.8, 4) is 5.75 Å². The number of anilines is 2. The van der Waals surface area contributed by atoms with E-state index in [9.17, 15) is 13.2 Å².